The van der Waals surface area contributed by atoms with Crippen molar-refractivity contribution in [2.24, 2.45) is 0 Å². The van der Waals surface area contributed by atoms with Crippen LogP contribution in [0.5, 0.6) is 0 Å². The van der Waals surface area contributed by atoms with Crippen LogP contribution in [0.1, 0.15) is 83.1 Å². The Morgan fingerprint density at radius 1 is 0.337 bits per heavy atom. The molecular formula is C85H85F4Ir3N6O6-3. The third-order valence-electron chi connectivity index (χ3n) is 14.9. The molecular weight excluding hydrogens is 1850 g/mol. The van der Waals surface area contributed by atoms with Gasteiger partial charge in [-0.05, 0) is 116 Å². The Morgan fingerprint density at radius 3 is 0.981 bits per heavy atom. The quantitative estimate of drug-likeness (QED) is 0.0420. The van der Waals surface area contributed by atoms with E-state index in [9.17, 15) is 17.6 Å². The third kappa shape index (κ3) is 28.9. The standard InChI is InChI=1S/C24H18FN2.C23H14F3N2.C23H17N2.3C5H12O2.3Ir/c1-16-6-10-18(11-7-16)23-24(19-12-8-17(2)9-13-19)27-22(15-26-23)20-4-3-5-21(25)14-20;24-23(25,26)19-13-11-16(12-14-19)20-15-27-21(17-7-3-1-4-8-17)22(28-20)18-9-5-2-6-10-18;1-17-12-14-20(15-13-17)23-22(19-10-6-3-7-11-19)24-16-21(25-23)18-8-4-2-5-9-18;3*1-4(6)3-5(2)7;;;/h3-10,12-15H,1-2H3;1-7,9-15H;2-10,12-16H,1H3;3*4-7H,3H2,1-2H3;;;/q3*-1;;;;;;. The molecule has 0 saturated heterocycles. The maximum atomic E-state index is 13.6. The molecule has 549 valence electrons. The summed E-state index contributed by atoms with van der Waals surface area (Å²) in [6.45, 7) is 16.1. The normalized spacial score (nSPS) is 12.2. The Balaban J connectivity index is 0.000000286. The van der Waals surface area contributed by atoms with E-state index < -0.39 is 11.7 Å². The minimum atomic E-state index is -4.37. The molecule has 19 heteroatoms. The number of halogens is 4. The van der Waals surface area contributed by atoms with E-state index in [1.807, 2.05) is 147 Å². The van der Waals surface area contributed by atoms with Crippen LogP contribution in [0, 0.1) is 44.8 Å². The predicted octanol–water partition coefficient (Wildman–Crippen LogP) is 18.3. The molecule has 6 atom stereocenters. The molecule has 104 heavy (non-hydrogen) atoms. The molecule has 12 nitrogen and oxygen atoms in total. The number of aliphatic hydroxyl groups is 6. The molecule has 0 amide bonds. The second kappa shape index (κ2) is 44.5. The van der Waals surface area contributed by atoms with Gasteiger partial charge in [-0.15, -0.1) is 107 Å². The summed E-state index contributed by atoms with van der Waals surface area (Å²) < 4.78 is 52.1. The summed E-state index contributed by atoms with van der Waals surface area (Å²) in [6, 6.07) is 78.6. The van der Waals surface area contributed by atoms with Gasteiger partial charge in [-0.1, -0.05) is 152 Å². The number of hydrogen-bond donors (Lipinski definition) is 6. The first kappa shape index (κ1) is 88.0. The fourth-order valence-electron chi connectivity index (χ4n) is 10.1. The monoisotopic (exact) mass is 1940 g/mol. The van der Waals surface area contributed by atoms with Gasteiger partial charge in [-0.3, -0.25) is 15.0 Å². The van der Waals surface area contributed by atoms with Gasteiger partial charge in [0.05, 0.1) is 76.4 Å². The van der Waals surface area contributed by atoms with Crippen LogP contribution >= 0.6 is 0 Å². The molecule has 0 aliphatic rings. The van der Waals surface area contributed by atoms with Crippen LogP contribution in [-0.4, -0.2) is 97.2 Å². The van der Waals surface area contributed by atoms with Gasteiger partial charge in [-0.25, -0.2) is 4.39 Å². The molecule has 0 spiro atoms. The molecule has 6 unspecified atom stereocenters. The van der Waals surface area contributed by atoms with Crippen LogP contribution in [0.3, 0.4) is 0 Å². The fraction of sp³-hybridized carbons (Fsp3) is 0.224. The topological polar surface area (TPSA) is 199 Å². The summed E-state index contributed by atoms with van der Waals surface area (Å²) in [5, 5.41) is 51.4. The van der Waals surface area contributed by atoms with Crippen molar-refractivity contribution in [1.29, 1.82) is 0 Å². The predicted molar refractivity (Wildman–Crippen MR) is 395 cm³/mol. The van der Waals surface area contributed by atoms with Crippen LogP contribution in [0.4, 0.5) is 17.6 Å². The van der Waals surface area contributed by atoms with Crippen molar-refractivity contribution in [2.75, 3.05) is 0 Å². The zero-order chi connectivity index (χ0) is 73.0. The van der Waals surface area contributed by atoms with Gasteiger partial charge in [0.1, 0.15) is 5.82 Å². The largest absolute Gasteiger partial charge is 0.416 e. The number of aromatic nitrogens is 6. The van der Waals surface area contributed by atoms with Crippen LogP contribution in [0.15, 0.2) is 243 Å². The molecule has 3 aromatic heterocycles. The molecule has 12 aromatic rings. The smallest absolute Gasteiger partial charge is 0.393 e. The summed E-state index contributed by atoms with van der Waals surface area (Å²) in [5.74, 6) is -0.290. The summed E-state index contributed by atoms with van der Waals surface area (Å²) in [6.07, 6.45) is -0.101. The van der Waals surface area contributed by atoms with Crippen LogP contribution in [0.25, 0.3) is 101 Å². The first-order valence-corrected chi connectivity index (χ1v) is 33.1. The molecule has 0 fully saturated rings. The number of aryl methyl sites for hydroxylation is 3. The van der Waals surface area contributed by atoms with E-state index in [0.29, 0.717) is 53.2 Å². The Kier molecular flexibility index (Phi) is 37.6. The van der Waals surface area contributed by atoms with Crippen molar-refractivity contribution in [2.45, 2.75) is 124 Å². The first-order chi connectivity index (χ1) is 48.3. The van der Waals surface area contributed by atoms with E-state index in [1.54, 1.807) is 66.1 Å². The average molecular weight is 1940 g/mol. The Bertz CT molecular complexity index is 4370. The number of rotatable bonds is 15. The minimum absolute atomic E-state index is 0. The number of aliphatic hydroxyl groups excluding tert-OH is 6. The summed E-state index contributed by atoms with van der Waals surface area (Å²) in [7, 11) is 0. The molecule has 12 rings (SSSR count). The van der Waals surface area contributed by atoms with Crippen molar-refractivity contribution < 1.29 is 109 Å². The van der Waals surface area contributed by atoms with Crippen LogP contribution in [-0.2, 0) is 66.5 Å². The number of nitrogens with zero attached hydrogens (tertiary/aromatic N) is 6. The molecule has 0 saturated carbocycles. The van der Waals surface area contributed by atoms with E-state index in [2.05, 4.69) is 83.6 Å². The van der Waals surface area contributed by atoms with Crippen molar-refractivity contribution in [3.63, 3.8) is 0 Å². The summed E-state index contributed by atoms with van der Waals surface area (Å²) >= 11 is 0. The van der Waals surface area contributed by atoms with E-state index in [1.165, 1.54) is 35.4 Å². The van der Waals surface area contributed by atoms with Crippen LogP contribution in [0.2, 0.25) is 0 Å². The first-order valence-electron chi connectivity index (χ1n) is 33.1. The summed E-state index contributed by atoms with van der Waals surface area (Å²) in [4.78, 5) is 28.4. The molecule has 9 aromatic carbocycles. The SMILES string of the molecule is CC(O)CC(C)O.CC(O)CC(C)O.CC(O)CC(C)O.Cc1c[c-]c(-c2ncc(-c3cccc(F)c3)nc2-c2ccc(C)cc2)cc1.Cc1ccc(-c2nc(-c3ccccc3)cnc2-c2[c-]cccc2)cc1.FC(F)(F)c1ccc(-c2cnc(-c3[c-]cccc3)c(-c3ccccc3)n2)cc1.[Ir].[Ir].[Ir]. The zero-order valence-electron chi connectivity index (χ0n) is 59.1. The second-order valence-corrected chi connectivity index (χ2v) is 24.5. The Morgan fingerprint density at radius 2 is 0.654 bits per heavy atom. The van der Waals surface area contributed by atoms with Crippen molar-refractivity contribution in [3.05, 3.63) is 289 Å². The van der Waals surface area contributed by atoms with Gasteiger partial charge < -0.3 is 45.6 Å². The van der Waals surface area contributed by atoms with Crippen molar-refractivity contribution in [3.8, 4) is 101 Å². The minimum Gasteiger partial charge on any atom is -0.393 e. The maximum absolute atomic E-state index is 13.6. The second-order valence-electron chi connectivity index (χ2n) is 24.5. The van der Waals surface area contributed by atoms with E-state index >= 15 is 0 Å². The van der Waals surface area contributed by atoms with Crippen molar-refractivity contribution in [1.82, 2.24) is 29.9 Å². The van der Waals surface area contributed by atoms with E-state index in [4.69, 9.17) is 50.6 Å². The fourth-order valence-corrected chi connectivity index (χ4v) is 10.1. The van der Waals surface area contributed by atoms with Gasteiger partial charge in [0, 0.05) is 113 Å². The Labute approximate surface area is 648 Å². The molecule has 0 aliphatic heterocycles. The summed E-state index contributed by atoms with van der Waals surface area (Å²) in [5.41, 5.74) is 17.3. The van der Waals surface area contributed by atoms with Gasteiger partial charge in [0.2, 0.25) is 0 Å². The van der Waals surface area contributed by atoms with Gasteiger partial charge >= 0.3 is 6.18 Å². The third-order valence-corrected chi connectivity index (χ3v) is 14.9. The van der Waals surface area contributed by atoms with Crippen LogP contribution < -0.4 is 0 Å². The molecule has 3 heterocycles. The Hall–Kier alpha value is -8.35. The van der Waals surface area contributed by atoms with Gasteiger partial charge in [0.15, 0.2) is 0 Å². The van der Waals surface area contributed by atoms with E-state index in [0.717, 1.165) is 85.1 Å². The molecule has 6 N–H and O–H groups in total. The number of benzene rings is 9. The average Bonchev–Trinajstić information content (AvgIpc) is 0.802. The van der Waals surface area contributed by atoms with Gasteiger partial charge in [-0.2, -0.15) is 13.2 Å². The van der Waals surface area contributed by atoms with Gasteiger partial charge in [0.25, 0.3) is 0 Å². The van der Waals surface area contributed by atoms with E-state index in [-0.39, 0.29) is 103 Å². The number of alkyl halides is 3. The molecule has 0 aliphatic carbocycles. The maximum Gasteiger partial charge on any atom is 0.416 e. The molecule has 3 radical (unpaired) electrons. The molecule has 0 bridgehead atoms. The van der Waals surface area contributed by atoms with Crippen molar-refractivity contribution >= 4 is 0 Å². The number of hydrogen-bond acceptors (Lipinski definition) is 12. The zero-order valence-corrected chi connectivity index (χ0v) is 66.2.